The largest absolute Gasteiger partial charge is 0.438 e. The molecule has 0 spiro atoms. The van der Waals surface area contributed by atoms with Crippen LogP contribution in [0, 0.1) is 0 Å². The fourth-order valence-corrected chi connectivity index (χ4v) is 3.21. The second-order valence-electron chi connectivity index (χ2n) is 6.89. The third-order valence-corrected chi connectivity index (χ3v) is 4.61. The minimum Gasteiger partial charge on any atom is -0.438 e. The SMILES string of the molecule is CC(C)(c1nc2ccccc2o1)N(C(=O)c1ccccc1)c1ccccc1. The molecule has 4 rings (SSSR count). The van der Waals surface area contributed by atoms with Crippen LogP contribution >= 0.6 is 0 Å². The third-order valence-electron chi connectivity index (χ3n) is 4.61. The number of nitrogens with zero attached hydrogens (tertiary/aromatic N) is 2. The summed E-state index contributed by atoms with van der Waals surface area (Å²) in [5.41, 5.74) is 2.11. The summed E-state index contributed by atoms with van der Waals surface area (Å²) in [7, 11) is 0. The normalized spacial score (nSPS) is 11.5. The molecule has 0 aliphatic carbocycles. The maximum atomic E-state index is 13.4. The quantitative estimate of drug-likeness (QED) is 0.491. The molecule has 4 aromatic rings. The monoisotopic (exact) mass is 356 g/mol. The summed E-state index contributed by atoms with van der Waals surface area (Å²) in [4.78, 5) is 19.8. The third kappa shape index (κ3) is 3.10. The number of carbonyl (C=O) groups is 1. The van der Waals surface area contributed by atoms with Gasteiger partial charge < -0.3 is 4.42 Å². The lowest BCUT2D eigenvalue weighted by molar-refractivity contribution is 0.0954. The van der Waals surface area contributed by atoms with E-state index < -0.39 is 5.54 Å². The summed E-state index contributed by atoms with van der Waals surface area (Å²) in [6, 6.07) is 26.5. The van der Waals surface area contributed by atoms with Crippen LogP contribution in [0.1, 0.15) is 30.1 Å². The molecule has 27 heavy (non-hydrogen) atoms. The molecule has 3 aromatic carbocycles. The number of aromatic nitrogens is 1. The molecule has 4 nitrogen and oxygen atoms in total. The predicted octanol–water partition coefficient (Wildman–Crippen LogP) is 5.41. The van der Waals surface area contributed by atoms with Crippen molar-refractivity contribution in [2.75, 3.05) is 4.90 Å². The van der Waals surface area contributed by atoms with Crippen molar-refractivity contribution < 1.29 is 9.21 Å². The number of fused-ring (bicyclic) bond motifs is 1. The number of hydrogen-bond acceptors (Lipinski definition) is 3. The number of rotatable bonds is 4. The van der Waals surface area contributed by atoms with Crippen LogP contribution in [-0.4, -0.2) is 10.9 Å². The number of oxazole rings is 1. The number of anilines is 1. The van der Waals surface area contributed by atoms with E-state index in [4.69, 9.17) is 4.42 Å². The van der Waals surface area contributed by atoms with Gasteiger partial charge in [-0.1, -0.05) is 48.5 Å². The summed E-state index contributed by atoms with van der Waals surface area (Å²) in [5, 5.41) is 0. The zero-order chi connectivity index (χ0) is 18.9. The second kappa shape index (κ2) is 6.72. The van der Waals surface area contributed by atoms with E-state index in [1.165, 1.54) is 0 Å². The predicted molar refractivity (Wildman–Crippen MR) is 107 cm³/mol. The van der Waals surface area contributed by atoms with Gasteiger partial charge in [-0.3, -0.25) is 9.69 Å². The van der Waals surface area contributed by atoms with Crippen LogP contribution in [0.25, 0.3) is 11.1 Å². The Morgan fingerprint density at radius 2 is 1.44 bits per heavy atom. The molecule has 0 aliphatic heterocycles. The van der Waals surface area contributed by atoms with Crippen molar-refractivity contribution in [2.24, 2.45) is 0 Å². The lowest BCUT2D eigenvalue weighted by Crippen LogP contribution is -2.46. The summed E-state index contributed by atoms with van der Waals surface area (Å²) < 4.78 is 6.02. The fraction of sp³-hybridized carbons (Fsp3) is 0.130. The first-order valence-electron chi connectivity index (χ1n) is 8.88. The Hall–Kier alpha value is -3.40. The highest BCUT2D eigenvalue weighted by atomic mass is 16.4. The number of amides is 1. The van der Waals surface area contributed by atoms with Gasteiger partial charge in [-0.05, 0) is 50.2 Å². The van der Waals surface area contributed by atoms with Crippen molar-refractivity contribution in [3.8, 4) is 0 Å². The minimum atomic E-state index is -0.784. The van der Waals surface area contributed by atoms with E-state index in [1.54, 1.807) is 4.90 Å². The zero-order valence-corrected chi connectivity index (χ0v) is 15.3. The van der Waals surface area contributed by atoms with E-state index in [9.17, 15) is 4.79 Å². The smallest absolute Gasteiger partial charge is 0.259 e. The van der Waals surface area contributed by atoms with Gasteiger partial charge in [-0.15, -0.1) is 0 Å². The second-order valence-corrected chi connectivity index (χ2v) is 6.89. The highest BCUT2D eigenvalue weighted by Crippen LogP contribution is 2.35. The van der Waals surface area contributed by atoms with Crippen molar-refractivity contribution in [3.05, 3.63) is 96.4 Å². The fourth-order valence-electron chi connectivity index (χ4n) is 3.21. The van der Waals surface area contributed by atoms with Gasteiger partial charge in [0.15, 0.2) is 5.58 Å². The zero-order valence-electron chi connectivity index (χ0n) is 15.3. The lowest BCUT2D eigenvalue weighted by Gasteiger charge is -2.36. The Bertz CT molecular complexity index is 1040. The number of benzene rings is 3. The van der Waals surface area contributed by atoms with Crippen LogP contribution in [0.15, 0.2) is 89.3 Å². The van der Waals surface area contributed by atoms with Gasteiger partial charge in [0.05, 0.1) is 0 Å². The Labute approximate surface area is 158 Å². The van der Waals surface area contributed by atoms with E-state index in [2.05, 4.69) is 4.98 Å². The van der Waals surface area contributed by atoms with Gasteiger partial charge >= 0.3 is 0 Å². The summed E-state index contributed by atoms with van der Waals surface area (Å²) >= 11 is 0. The van der Waals surface area contributed by atoms with Crippen LogP contribution in [0.3, 0.4) is 0 Å². The molecular weight excluding hydrogens is 336 g/mol. The first-order valence-corrected chi connectivity index (χ1v) is 8.88. The molecule has 0 atom stereocenters. The molecule has 0 unspecified atom stereocenters. The summed E-state index contributed by atoms with van der Waals surface area (Å²) in [6.07, 6.45) is 0. The van der Waals surface area contributed by atoms with Crippen molar-refractivity contribution in [1.82, 2.24) is 4.98 Å². The molecule has 1 heterocycles. The molecule has 134 valence electrons. The van der Waals surface area contributed by atoms with E-state index in [-0.39, 0.29) is 5.91 Å². The van der Waals surface area contributed by atoms with Gasteiger partial charge in [0.25, 0.3) is 5.91 Å². The van der Waals surface area contributed by atoms with E-state index in [0.717, 1.165) is 11.2 Å². The van der Waals surface area contributed by atoms with E-state index >= 15 is 0 Å². The molecule has 4 heteroatoms. The van der Waals surface area contributed by atoms with Crippen LogP contribution in [0.4, 0.5) is 5.69 Å². The van der Waals surface area contributed by atoms with E-state index in [1.807, 2.05) is 98.8 Å². The number of carbonyl (C=O) groups excluding carboxylic acids is 1. The topological polar surface area (TPSA) is 46.3 Å². The van der Waals surface area contributed by atoms with Crippen LogP contribution < -0.4 is 4.90 Å². The molecule has 0 saturated heterocycles. The van der Waals surface area contributed by atoms with Crippen molar-refractivity contribution in [3.63, 3.8) is 0 Å². The molecule has 0 saturated carbocycles. The van der Waals surface area contributed by atoms with Gasteiger partial charge in [0.2, 0.25) is 5.89 Å². The first kappa shape index (κ1) is 17.0. The van der Waals surface area contributed by atoms with Gasteiger partial charge in [0.1, 0.15) is 11.1 Å². The van der Waals surface area contributed by atoms with Gasteiger partial charge in [-0.25, -0.2) is 4.98 Å². The lowest BCUT2D eigenvalue weighted by atomic mass is 9.99. The summed E-state index contributed by atoms with van der Waals surface area (Å²) in [5.74, 6) is 0.394. The van der Waals surface area contributed by atoms with Crippen LogP contribution in [0.2, 0.25) is 0 Å². The average molecular weight is 356 g/mol. The molecule has 0 N–H and O–H groups in total. The van der Waals surface area contributed by atoms with E-state index in [0.29, 0.717) is 17.0 Å². The molecule has 0 aliphatic rings. The molecule has 0 radical (unpaired) electrons. The first-order chi connectivity index (χ1) is 13.1. The highest BCUT2D eigenvalue weighted by molar-refractivity contribution is 6.07. The Morgan fingerprint density at radius 1 is 0.852 bits per heavy atom. The van der Waals surface area contributed by atoms with Gasteiger partial charge in [0, 0.05) is 11.3 Å². The Balaban J connectivity index is 1.85. The molecular formula is C23H20N2O2. The Kier molecular flexibility index (Phi) is 4.24. The number of para-hydroxylation sites is 3. The van der Waals surface area contributed by atoms with Crippen molar-refractivity contribution in [2.45, 2.75) is 19.4 Å². The average Bonchev–Trinajstić information content (AvgIpc) is 3.15. The molecule has 0 bridgehead atoms. The van der Waals surface area contributed by atoms with Crippen LogP contribution in [0.5, 0.6) is 0 Å². The van der Waals surface area contributed by atoms with Crippen molar-refractivity contribution >= 4 is 22.7 Å². The van der Waals surface area contributed by atoms with Crippen LogP contribution in [-0.2, 0) is 5.54 Å². The molecule has 1 aromatic heterocycles. The van der Waals surface area contributed by atoms with Gasteiger partial charge in [-0.2, -0.15) is 0 Å². The standard InChI is InChI=1S/C23H20N2O2/c1-23(2,22-24-19-15-9-10-16-20(19)27-22)25(18-13-7-4-8-14-18)21(26)17-11-5-3-6-12-17/h3-16H,1-2H3. The summed E-state index contributed by atoms with van der Waals surface area (Å²) in [6.45, 7) is 3.90. The minimum absolute atomic E-state index is 0.103. The maximum Gasteiger partial charge on any atom is 0.259 e. The maximum absolute atomic E-state index is 13.4. The highest BCUT2D eigenvalue weighted by Gasteiger charge is 2.38. The van der Waals surface area contributed by atoms with Crippen molar-refractivity contribution in [1.29, 1.82) is 0 Å². The molecule has 1 amide bonds. The number of hydrogen-bond donors (Lipinski definition) is 0. The Morgan fingerprint density at radius 3 is 2.11 bits per heavy atom. The molecule has 0 fully saturated rings.